The number of benzene rings is 4. The summed E-state index contributed by atoms with van der Waals surface area (Å²) in [6.45, 7) is 2.00. The number of rotatable bonds is 11. The van der Waals surface area contributed by atoms with Gasteiger partial charge in [0.05, 0.1) is 24.4 Å². The fraction of sp³-hybridized carbons (Fsp3) is 0.231. The van der Waals surface area contributed by atoms with E-state index in [2.05, 4.69) is 70.8 Å². The number of likely N-dealkylation sites (N-methyl/N-ethyl adjacent to an activating group) is 1. The van der Waals surface area contributed by atoms with Crippen molar-refractivity contribution in [2.75, 3.05) is 13.6 Å². The normalized spacial score (nSPS) is 17.9. The summed E-state index contributed by atoms with van der Waals surface area (Å²) >= 11 is 0. The number of ether oxygens (including phenoxy) is 2. The summed E-state index contributed by atoms with van der Waals surface area (Å²) in [6.07, 6.45) is 3.18. The number of nitrogens with zero attached hydrogens (tertiary/aromatic N) is 2. The van der Waals surface area contributed by atoms with Crippen LogP contribution < -0.4 is 5.32 Å². The van der Waals surface area contributed by atoms with Crippen LogP contribution in [0.3, 0.4) is 0 Å². The van der Waals surface area contributed by atoms with E-state index >= 15 is 0 Å². The van der Waals surface area contributed by atoms with Crippen LogP contribution in [0.15, 0.2) is 128 Å². The average molecular weight is 614 g/mol. The first-order valence-electron chi connectivity index (χ1n) is 15.6. The number of pyridine rings is 1. The molecule has 1 saturated heterocycles. The molecule has 1 amide bonds. The summed E-state index contributed by atoms with van der Waals surface area (Å²) in [5.41, 5.74) is 7.76. The Morgan fingerprint density at radius 2 is 1.59 bits per heavy atom. The SMILES string of the molecule is CN(Cc1ccccc1)C[C@@H]1C[C@H](c2ccc(CO)cc2)O[C@H](c2cccc(-c3cccc(CNC(=O)c4cccnc4)c3)c2)O1. The summed E-state index contributed by atoms with van der Waals surface area (Å²) in [7, 11) is 2.12. The molecule has 6 rings (SSSR count). The lowest BCUT2D eigenvalue weighted by molar-refractivity contribution is -0.252. The van der Waals surface area contributed by atoms with Crippen LogP contribution in [-0.2, 0) is 29.2 Å². The highest BCUT2D eigenvalue weighted by molar-refractivity contribution is 5.93. The van der Waals surface area contributed by atoms with Gasteiger partial charge in [-0.2, -0.15) is 0 Å². The topological polar surface area (TPSA) is 83.9 Å². The smallest absolute Gasteiger partial charge is 0.253 e. The average Bonchev–Trinajstić information content (AvgIpc) is 3.11. The molecule has 0 bridgehead atoms. The van der Waals surface area contributed by atoms with Gasteiger partial charge in [-0.25, -0.2) is 0 Å². The van der Waals surface area contributed by atoms with Gasteiger partial charge in [-0.05, 0) is 64.7 Å². The van der Waals surface area contributed by atoms with Gasteiger partial charge < -0.3 is 19.9 Å². The van der Waals surface area contributed by atoms with Crippen molar-refractivity contribution in [3.8, 4) is 11.1 Å². The number of aliphatic hydroxyl groups excluding tert-OH is 1. The zero-order valence-electron chi connectivity index (χ0n) is 26.0. The Hall–Kier alpha value is -4.66. The number of nitrogens with one attached hydrogen (secondary N) is 1. The fourth-order valence-corrected chi connectivity index (χ4v) is 5.85. The highest BCUT2D eigenvalue weighted by atomic mass is 16.7. The van der Waals surface area contributed by atoms with Crippen LogP contribution in [0.1, 0.15) is 57.0 Å². The molecule has 1 aliphatic heterocycles. The molecule has 0 spiro atoms. The molecular formula is C39H39N3O4. The summed E-state index contributed by atoms with van der Waals surface area (Å²) in [6, 6.07) is 38.4. The molecule has 4 aromatic carbocycles. The molecule has 234 valence electrons. The monoisotopic (exact) mass is 613 g/mol. The van der Waals surface area contributed by atoms with E-state index in [-0.39, 0.29) is 24.7 Å². The third-order valence-corrected chi connectivity index (χ3v) is 8.22. The van der Waals surface area contributed by atoms with Gasteiger partial charge in [0.15, 0.2) is 6.29 Å². The second-order valence-corrected chi connectivity index (χ2v) is 11.8. The predicted molar refractivity (Wildman–Crippen MR) is 178 cm³/mol. The second kappa shape index (κ2) is 15.1. The first kappa shape index (κ1) is 31.3. The van der Waals surface area contributed by atoms with Crippen molar-refractivity contribution < 1.29 is 19.4 Å². The molecule has 2 N–H and O–H groups in total. The number of aromatic nitrogens is 1. The summed E-state index contributed by atoms with van der Waals surface area (Å²) in [4.78, 5) is 18.9. The molecule has 0 saturated carbocycles. The first-order valence-corrected chi connectivity index (χ1v) is 15.6. The van der Waals surface area contributed by atoms with Crippen LogP contribution in [0.25, 0.3) is 11.1 Å². The summed E-state index contributed by atoms with van der Waals surface area (Å²) in [5.74, 6) is -0.156. The minimum Gasteiger partial charge on any atom is -0.392 e. The maximum absolute atomic E-state index is 12.5. The van der Waals surface area contributed by atoms with Crippen LogP contribution in [0, 0.1) is 0 Å². The Kier molecular flexibility index (Phi) is 10.3. The van der Waals surface area contributed by atoms with Crippen molar-refractivity contribution in [3.63, 3.8) is 0 Å². The van der Waals surface area contributed by atoms with E-state index in [1.807, 2.05) is 54.6 Å². The molecule has 0 radical (unpaired) electrons. The van der Waals surface area contributed by atoms with E-state index in [1.54, 1.807) is 24.5 Å². The largest absolute Gasteiger partial charge is 0.392 e. The van der Waals surface area contributed by atoms with E-state index in [1.165, 1.54) is 5.56 Å². The van der Waals surface area contributed by atoms with E-state index in [4.69, 9.17) is 9.47 Å². The van der Waals surface area contributed by atoms with E-state index in [0.29, 0.717) is 12.1 Å². The summed E-state index contributed by atoms with van der Waals surface area (Å²) in [5, 5.41) is 12.5. The van der Waals surface area contributed by atoms with Gasteiger partial charge in [0.1, 0.15) is 0 Å². The maximum Gasteiger partial charge on any atom is 0.253 e. The Balaban J connectivity index is 1.19. The van der Waals surface area contributed by atoms with Crippen LogP contribution >= 0.6 is 0 Å². The molecule has 1 aromatic heterocycles. The molecule has 0 aliphatic carbocycles. The maximum atomic E-state index is 12.5. The zero-order chi connectivity index (χ0) is 31.7. The molecular weight excluding hydrogens is 574 g/mol. The molecule has 5 aromatic rings. The minimum atomic E-state index is -0.548. The lowest BCUT2D eigenvalue weighted by atomic mass is 9.98. The standard InChI is InChI=1S/C39H39N3O4/c1-42(25-28-8-3-2-4-9-28)26-36-22-37(31-17-15-29(27-43)16-18-31)46-39(45-36)34-13-6-12-33(21-34)32-11-5-10-30(20-32)23-41-38(44)35-14-7-19-40-24-35/h2-21,24,36-37,39,43H,22-23,25-27H2,1H3,(H,41,44)/t36-,37+,39+/m0/s1. The van der Waals surface area contributed by atoms with Gasteiger partial charge >= 0.3 is 0 Å². The second-order valence-electron chi connectivity index (χ2n) is 11.8. The molecule has 1 aliphatic rings. The van der Waals surface area contributed by atoms with Crippen LogP contribution in [-0.4, -0.2) is 40.6 Å². The lowest BCUT2D eigenvalue weighted by Gasteiger charge is -2.38. The van der Waals surface area contributed by atoms with Crippen molar-refractivity contribution in [2.45, 2.75) is 44.6 Å². The zero-order valence-corrected chi connectivity index (χ0v) is 26.0. The van der Waals surface area contributed by atoms with Gasteiger partial charge in [0.2, 0.25) is 0 Å². The van der Waals surface area contributed by atoms with Crippen molar-refractivity contribution in [1.82, 2.24) is 15.2 Å². The molecule has 1 fully saturated rings. The van der Waals surface area contributed by atoms with E-state index in [0.717, 1.165) is 52.9 Å². The molecule has 46 heavy (non-hydrogen) atoms. The fourth-order valence-electron chi connectivity index (χ4n) is 5.85. The first-order chi connectivity index (χ1) is 22.5. The Bertz CT molecular complexity index is 1710. The van der Waals surface area contributed by atoms with Gasteiger partial charge in [0, 0.05) is 44.0 Å². The van der Waals surface area contributed by atoms with E-state index < -0.39 is 6.29 Å². The van der Waals surface area contributed by atoms with Crippen molar-refractivity contribution in [2.24, 2.45) is 0 Å². The molecule has 2 heterocycles. The van der Waals surface area contributed by atoms with Gasteiger partial charge in [-0.3, -0.25) is 14.7 Å². The van der Waals surface area contributed by atoms with Gasteiger partial charge in [0.25, 0.3) is 5.91 Å². The Labute approximate surface area is 270 Å². The van der Waals surface area contributed by atoms with Crippen LogP contribution in [0.4, 0.5) is 0 Å². The number of carbonyl (C=O) groups excluding carboxylic acids is 1. The quantitative estimate of drug-likeness (QED) is 0.170. The Morgan fingerprint density at radius 3 is 2.35 bits per heavy atom. The van der Waals surface area contributed by atoms with Gasteiger partial charge in [-0.1, -0.05) is 91.0 Å². The molecule has 7 heteroatoms. The highest BCUT2D eigenvalue weighted by Crippen LogP contribution is 2.39. The van der Waals surface area contributed by atoms with Crippen LogP contribution in [0.5, 0.6) is 0 Å². The molecule has 7 nitrogen and oxygen atoms in total. The number of hydrogen-bond acceptors (Lipinski definition) is 6. The van der Waals surface area contributed by atoms with Crippen molar-refractivity contribution in [1.29, 1.82) is 0 Å². The predicted octanol–water partition coefficient (Wildman–Crippen LogP) is 6.85. The number of hydrogen-bond donors (Lipinski definition) is 2. The van der Waals surface area contributed by atoms with Crippen molar-refractivity contribution >= 4 is 5.91 Å². The molecule has 3 atom stereocenters. The highest BCUT2D eigenvalue weighted by Gasteiger charge is 2.33. The lowest BCUT2D eigenvalue weighted by Crippen LogP contribution is -2.37. The third kappa shape index (κ3) is 8.13. The number of carbonyl (C=O) groups is 1. The minimum absolute atomic E-state index is 0.00924. The summed E-state index contributed by atoms with van der Waals surface area (Å²) < 4.78 is 13.3. The number of aliphatic hydroxyl groups is 1. The van der Waals surface area contributed by atoms with Crippen LogP contribution in [0.2, 0.25) is 0 Å². The Morgan fingerprint density at radius 1 is 0.826 bits per heavy atom. The molecule has 0 unspecified atom stereocenters. The van der Waals surface area contributed by atoms with Gasteiger partial charge in [-0.15, -0.1) is 0 Å². The van der Waals surface area contributed by atoms with Crippen molar-refractivity contribution in [3.05, 3.63) is 161 Å². The van der Waals surface area contributed by atoms with E-state index in [9.17, 15) is 9.90 Å². The number of amides is 1. The third-order valence-electron chi connectivity index (χ3n) is 8.22.